The lowest BCUT2D eigenvalue weighted by Gasteiger charge is -2.47. The fraction of sp³-hybridized carbons (Fsp3) is 0.857. The molecule has 18 heavy (non-hydrogen) atoms. The number of nitrogens with zero attached hydrogens (tertiary/aromatic N) is 1. The highest BCUT2D eigenvalue weighted by molar-refractivity contribution is 6.00. The van der Waals surface area contributed by atoms with Crippen LogP contribution in [0, 0.1) is 0 Å². The number of hydrogen-bond donors (Lipinski definition) is 1. The Bertz CT molecular complexity index is 395. The van der Waals surface area contributed by atoms with Crippen LogP contribution in [0.25, 0.3) is 0 Å². The first-order valence-electron chi connectivity index (χ1n) is 7.18. The second-order valence-corrected chi connectivity index (χ2v) is 6.37. The van der Waals surface area contributed by atoms with Crippen molar-refractivity contribution in [3.63, 3.8) is 0 Å². The van der Waals surface area contributed by atoms with Crippen LogP contribution in [0.2, 0.25) is 0 Å². The van der Waals surface area contributed by atoms with Crippen LogP contribution in [0.5, 0.6) is 0 Å². The molecule has 1 atom stereocenters. The maximum atomic E-state index is 12.9. The largest absolute Gasteiger partial charge is 0.340 e. The molecule has 4 nitrogen and oxygen atoms in total. The van der Waals surface area contributed by atoms with E-state index in [-0.39, 0.29) is 23.4 Å². The van der Waals surface area contributed by atoms with Gasteiger partial charge in [-0.2, -0.15) is 0 Å². The summed E-state index contributed by atoms with van der Waals surface area (Å²) in [4.78, 5) is 27.1. The van der Waals surface area contributed by atoms with Gasteiger partial charge in [0, 0.05) is 5.54 Å². The molecule has 0 aromatic heterocycles. The molecule has 4 heteroatoms. The predicted molar refractivity (Wildman–Crippen MR) is 67.9 cm³/mol. The molecule has 1 spiro atoms. The highest BCUT2D eigenvalue weighted by Gasteiger charge is 2.59. The summed E-state index contributed by atoms with van der Waals surface area (Å²) in [6.45, 7) is 4.11. The lowest BCUT2D eigenvalue weighted by molar-refractivity contribution is -0.158. The lowest BCUT2D eigenvalue weighted by Crippen LogP contribution is -2.71. The van der Waals surface area contributed by atoms with E-state index in [1.165, 1.54) is 0 Å². The SMILES string of the molecule is CCC1C(=O)NC2(CCCC2)C(=O)N1C1(C)CC1. The van der Waals surface area contributed by atoms with Gasteiger partial charge in [-0.05, 0) is 39.0 Å². The van der Waals surface area contributed by atoms with Crippen molar-refractivity contribution < 1.29 is 9.59 Å². The molecule has 1 aliphatic heterocycles. The van der Waals surface area contributed by atoms with Crippen LogP contribution in [0.15, 0.2) is 0 Å². The quantitative estimate of drug-likeness (QED) is 0.809. The molecule has 1 heterocycles. The Morgan fingerprint density at radius 3 is 2.33 bits per heavy atom. The topological polar surface area (TPSA) is 49.4 Å². The summed E-state index contributed by atoms with van der Waals surface area (Å²) in [6, 6.07) is -0.253. The van der Waals surface area contributed by atoms with Crippen molar-refractivity contribution in [2.75, 3.05) is 0 Å². The van der Waals surface area contributed by atoms with E-state index >= 15 is 0 Å². The van der Waals surface area contributed by atoms with Crippen LogP contribution in [0.1, 0.15) is 58.8 Å². The third-order valence-corrected chi connectivity index (χ3v) is 5.00. The molecule has 3 aliphatic rings. The standard InChI is InChI=1S/C14H22N2O2/c1-3-10-11(17)15-14(6-4-5-7-14)12(18)16(10)13(2)8-9-13/h10H,3-9H2,1-2H3,(H,15,17). The van der Waals surface area contributed by atoms with Gasteiger partial charge >= 0.3 is 0 Å². The van der Waals surface area contributed by atoms with E-state index < -0.39 is 5.54 Å². The molecule has 1 saturated heterocycles. The van der Waals surface area contributed by atoms with Gasteiger partial charge in [-0.15, -0.1) is 0 Å². The molecular formula is C14H22N2O2. The number of carbonyl (C=O) groups excluding carboxylic acids is 2. The Morgan fingerprint density at radius 1 is 1.22 bits per heavy atom. The Balaban J connectivity index is 1.96. The summed E-state index contributed by atoms with van der Waals surface area (Å²) in [5, 5.41) is 3.04. The summed E-state index contributed by atoms with van der Waals surface area (Å²) in [5.74, 6) is 0.249. The Hall–Kier alpha value is -1.06. The fourth-order valence-electron chi connectivity index (χ4n) is 3.59. The molecule has 2 amide bonds. The number of rotatable bonds is 2. The molecule has 100 valence electrons. The maximum absolute atomic E-state index is 12.9. The van der Waals surface area contributed by atoms with Crippen molar-refractivity contribution in [2.45, 2.75) is 75.9 Å². The normalized spacial score (nSPS) is 32.8. The van der Waals surface area contributed by atoms with Gasteiger partial charge < -0.3 is 10.2 Å². The average molecular weight is 250 g/mol. The lowest BCUT2D eigenvalue weighted by atomic mass is 9.88. The zero-order valence-electron chi connectivity index (χ0n) is 11.3. The third kappa shape index (κ3) is 1.50. The van der Waals surface area contributed by atoms with Crippen molar-refractivity contribution in [3.8, 4) is 0 Å². The minimum absolute atomic E-state index is 0.0505. The molecule has 1 N–H and O–H groups in total. The second kappa shape index (κ2) is 3.72. The van der Waals surface area contributed by atoms with Crippen LogP contribution >= 0.6 is 0 Å². The van der Waals surface area contributed by atoms with Gasteiger partial charge in [-0.3, -0.25) is 9.59 Å². The maximum Gasteiger partial charge on any atom is 0.249 e. The van der Waals surface area contributed by atoms with E-state index in [0.717, 1.165) is 38.5 Å². The van der Waals surface area contributed by atoms with Crippen molar-refractivity contribution in [1.82, 2.24) is 10.2 Å². The number of amides is 2. The van der Waals surface area contributed by atoms with Gasteiger partial charge in [0.15, 0.2) is 0 Å². The molecule has 3 rings (SSSR count). The minimum atomic E-state index is -0.561. The predicted octanol–water partition coefficient (Wildman–Crippen LogP) is 1.59. The molecule has 1 unspecified atom stereocenters. The van der Waals surface area contributed by atoms with Crippen molar-refractivity contribution >= 4 is 11.8 Å². The first kappa shape index (κ1) is 12.0. The van der Waals surface area contributed by atoms with E-state index in [2.05, 4.69) is 12.2 Å². The summed E-state index contributed by atoms with van der Waals surface area (Å²) < 4.78 is 0. The molecule has 0 aromatic rings. The number of piperazine rings is 1. The van der Waals surface area contributed by atoms with Gasteiger partial charge in [0.25, 0.3) is 0 Å². The van der Waals surface area contributed by atoms with Crippen molar-refractivity contribution in [2.24, 2.45) is 0 Å². The van der Waals surface area contributed by atoms with E-state index in [1.54, 1.807) is 0 Å². The Kier molecular flexibility index (Phi) is 2.48. The zero-order valence-corrected chi connectivity index (χ0v) is 11.3. The van der Waals surface area contributed by atoms with Gasteiger partial charge in [0.1, 0.15) is 11.6 Å². The summed E-state index contributed by atoms with van der Waals surface area (Å²) in [7, 11) is 0. The van der Waals surface area contributed by atoms with Crippen LogP contribution in [-0.2, 0) is 9.59 Å². The fourth-order valence-corrected chi connectivity index (χ4v) is 3.59. The van der Waals surface area contributed by atoms with Crippen LogP contribution in [-0.4, -0.2) is 33.8 Å². The van der Waals surface area contributed by atoms with Crippen LogP contribution in [0.3, 0.4) is 0 Å². The van der Waals surface area contributed by atoms with Gasteiger partial charge in [0.2, 0.25) is 11.8 Å². The smallest absolute Gasteiger partial charge is 0.249 e. The monoisotopic (exact) mass is 250 g/mol. The molecule has 2 aliphatic carbocycles. The van der Waals surface area contributed by atoms with Gasteiger partial charge in [0.05, 0.1) is 0 Å². The summed E-state index contributed by atoms with van der Waals surface area (Å²) >= 11 is 0. The number of nitrogens with one attached hydrogen (secondary N) is 1. The van der Waals surface area contributed by atoms with Crippen molar-refractivity contribution in [3.05, 3.63) is 0 Å². The molecule has 0 aromatic carbocycles. The Morgan fingerprint density at radius 2 is 1.83 bits per heavy atom. The number of hydrogen-bond acceptors (Lipinski definition) is 2. The highest BCUT2D eigenvalue weighted by atomic mass is 16.2. The molecular weight excluding hydrogens is 228 g/mol. The third-order valence-electron chi connectivity index (χ3n) is 5.00. The number of carbonyl (C=O) groups is 2. The molecule has 2 saturated carbocycles. The Labute approximate surface area is 108 Å². The second-order valence-electron chi connectivity index (χ2n) is 6.37. The summed E-state index contributed by atoms with van der Waals surface area (Å²) in [5.41, 5.74) is -0.612. The summed E-state index contributed by atoms with van der Waals surface area (Å²) in [6.07, 6.45) is 6.53. The van der Waals surface area contributed by atoms with Gasteiger partial charge in [-0.25, -0.2) is 0 Å². The molecule has 0 radical (unpaired) electrons. The first-order valence-corrected chi connectivity index (χ1v) is 7.18. The molecule has 3 fully saturated rings. The molecule has 0 bridgehead atoms. The van der Waals surface area contributed by atoms with Crippen molar-refractivity contribution in [1.29, 1.82) is 0 Å². The van der Waals surface area contributed by atoms with E-state index in [9.17, 15) is 9.59 Å². The first-order chi connectivity index (χ1) is 8.52. The zero-order chi connectivity index (χ0) is 13.0. The minimum Gasteiger partial charge on any atom is -0.340 e. The average Bonchev–Trinajstić information content (AvgIpc) is 2.90. The van der Waals surface area contributed by atoms with E-state index in [0.29, 0.717) is 6.42 Å². The van der Waals surface area contributed by atoms with E-state index in [1.807, 2.05) is 11.8 Å². The van der Waals surface area contributed by atoms with Crippen LogP contribution < -0.4 is 5.32 Å². The van der Waals surface area contributed by atoms with Gasteiger partial charge in [-0.1, -0.05) is 19.8 Å². The van der Waals surface area contributed by atoms with Crippen LogP contribution in [0.4, 0.5) is 0 Å². The van der Waals surface area contributed by atoms with E-state index in [4.69, 9.17) is 0 Å². The highest BCUT2D eigenvalue weighted by Crippen LogP contribution is 2.47.